The summed E-state index contributed by atoms with van der Waals surface area (Å²) >= 11 is 3.40. The van der Waals surface area contributed by atoms with Gasteiger partial charge in [0.25, 0.3) is 0 Å². The Bertz CT molecular complexity index is 599. The molecule has 0 radical (unpaired) electrons. The lowest BCUT2D eigenvalue weighted by Gasteiger charge is -2.08. The molecule has 0 saturated heterocycles. The van der Waals surface area contributed by atoms with Crippen LogP contribution in [0.3, 0.4) is 0 Å². The molecule has 0 unspecified atom stereocenters. The van der Waals surface area contributed by atoms with Gasteiger partial charge in [-0.1, -0.05) is 0 Å². The fraction of sp³-hybridized carbons (Fsp3) is 0.0769. The van der Waals surface area contributed by atoms with Crippen molar-refractivity contribution in [1.29, 1.82) is 5.41 Å². The van der Waals surface area contributed by atoms with Crippen molar-refractivity contribution in [3.8, 4) is 17.4 Å². The minimum atomic E-state index is -0.0234. The van der Waals surface area contributed by atoms with Gasteiger partial charge in [0, 0.05) is 17.8 Å². The molecule has 0 aliphatic rings. The van der Waals surface area contributed by atoms with Gasteiger partial charge < -0.3 is 15.2 Å². The molecule has 5 nitrogen and oxygen atoms in total. The summed E-state index contributed by atoms with van der Waals surface area (Å²) in [5.74, 6) is 1.77. The minimum absolute atomic E-state index is 0.0234. The summed E-state index contributed by atoms with van der Waals surface area (Å²) in [5.41, 5.74) is 5.91. The van der Waals surface area contributed by atoms with Crippen LogP contribution in [0.15, 0.2) is 41.0 Å². The number of ether oxygens (including phenoxy) is 2. The van der Waals surface area contributed by atoms with E-state index in [1.54, 1.807) is 37.4 Å². The number of nitrogens with two attached hydrogens (primary N) is 1. The average molecular weight is 322 g/mol. The van der Waals surface area contributed by atoms with Crippen LogP contribution in [-0.2, 0) is 0 Å². The first-order valence-corrected chi connectivity index (χ1v) is 6.21. The van der Waals surface area contributed by atoms with Crippen molar-refractivity contribution in [1.82, 2.24) is 4.98 Å². The van der Waals surface area contributed by atoms with Crippen molar-refractivity contribution >= 4 is 21.8 Å². The van der Waals surface area contributed by atoms with Crippen LogP contribution in [0, 0.1) is 5.41 Å². The predicted molar refractivity (Wildman–Crippen MR) is 76.0 cm³/mol. The Kier molecular flexibility index (Phi) is 4.01. The zero-order valence-corrected chi connectivity index (χ0v) is 11.8. The van der Waals surface area contributed by atoms with E-state index < -0.39 is 0 Å². The second-order valence-electron chi connectivity index (χ2n) is 3.70. The second-order valence-corrected chi connectivity index (χ2v) is 4.55. The zero-order chi connectivity index (χ0) is 13.8. The molecule has 1 aromatic heterocycles. The third kappa shape index (κ3) is 3.23. The molecule has 19 heavy (non-hydrogen) atoms. The van der Waals surface area contributed by atoms with Gasteiger partial charge in [0.05, 0.1) is 11.6 Å². The highest BCUT2D eigenvalue weighted by Crippen LogP contribution is 2.31. The van der Waals surface area contributed by atoms with E-state index in [-0.39, 0.29) is 5.84 Å². The highest BCUT2D eigenvalue weighted by Gasteiger charge is 2.06. The quantitative estimate of drug-likeness (QED) is 0.670. The Morgan fingerprint density at radius 3 is 2.63 bits per heavy atom. The number of nitrogen functional groups attached to an aromatic ring is 1. The van der Waals surface area contributed by atoms with Crippen LogP contribution in [0.5, 0.6) is 17.4 Å². The number of methoxy groups -OCH3 is 1. The third-order valence-corrected chi connectivity index (χ3v) is 3.02. The summed E-state index contributed by atoms with van der Waals surface area (Å²) in [4.78, 5) is 4.08. The van der Waals surface area contributed by atoms with E-state index in [0.29, 0.717) is 17.2 Å². The van der Waals surface area contributed by atoms with Crippen molar-refractivity contribution in [2.45, 2.75) is 0 Å². The van der Waals surface area contributed by atoms with Gasteiger partial charge in [0.1, 0.15) is 17.3 Å². The van der Waals surface area contributed by atoms with Crippen molar-refractivity contribution in [3.05, 3.63) is 46.6 Å². The molecule has 1 heterocycles. The number of nitrogens with one attached hydrogen (secondary N) is 1. The van der Waals surface area contributed by atoms with Gasteiger partial charge in [0.2, 0.25) is 5.88 Å². The van der Waals surface area contributed by atoms with E-state index in [1.807, 2.05) is 0 Å². The highest BCUT2D eigenvalue weighted by atomic mass is 79.9. The molecule has 98 valence electrons. The van der Waals surface area contributed by atoms with Gasteiger partial charge in [-0.2, -0.15) is 0 Å². The molecule has 0 amide bonds. The summed E-state index contributed by atoms with van der Waals surface area (Å²) in [6, 6.07) is 8.72. The molecule has 0 saturated carbocycles. The molecule has 2 rings (SSSR count). The molecular weight excluding hydrogens is 310 g/mol. The van der Waals surface area contributed by atoms with Crippen LogP contribution in [0.25, 0.3) is 0 Å². The van der Waals surface area contributed by atoms with E-state index in [1.165, 1.54) is 6.20 Å². The zero-order valence-electron chi connectivity index (χ0n) is 10.2. The van der Waals surface area contributed by atoms with E-state index in [0.717, 1.165) is 10.2 Å². The summed E-state index contributed by atoms with van der Waals surface area (Å²) in [6.45, 7) is 0. The molecule has 3 N–H and O–H groups in total. The molecule has 0 aliphatic heterocycles. The fourth-order valence-corrected chi connectivity index (χ4v) is 1.84. The fourth-order valence-electron chi connectivity index (χ4n) is 1.40. The molecule has 0 aliphatic carbocycles. The van der Waals surface area contributed by atoms with Gasteiger partial charge >= 0.3 is 0 Å². The molecule has 1 aromatic carbocycles. The average Bonchev–Trinajstić information content (AvgIpc) is 2.41. The first kappa shape index (κ1) is 13.4. The van der Waals surface area contributed by atoms with Crippen molar-refractivity contribution < 1.29 is 9.47 Å². The topological polar surface area (TPSA) is 81.2 Å². The SMILES string of the molecule is COc1ccc(Oc2ccc(C(=N)N)cn2)c(Br)c1. The number of nitrogens with zero attached hydrogens (tertiary/aromatic N) is 1. The van der Waals surface area contributed by atoms with Crippen molar-refractivity contribution in [2.24, 2.45) is 5.73 Å². The van der Waals surface area contributed by atoms with Crippen molar-refractivity contribution in [3.63, 3.8) is 0 Å². The Morgan fingerprint density at radius 2 is 2.11 bits per heavy atom. The van der Waals surface area contributed by atoms with Gasteiger partial charge in [-0.25, -0.2) is 4.98 Å². The molecule has 0 bridgehead atoms. The number of halogens is 1. The van der Waals surface area contributed by atoms with Crippen molar-refractivity contribution in [2.75, 3.05) is 7.11 Å². The first-order valence-electron chi connectivity index (χ1n) is 5.42. The molecule has 0 atom stereocenters. The maximum atomic E-state index is 7.28. The summed E-state index contributed by atoms with van der Waals surface area (Å²) in [7, 11) is 1.60. The smallest absolute Gasteiger partial charge is 0.219 e. The van der Waals surface area contributed by atoms with Crippen LogP contribution in [0.4, 0.5) is 0 Å². The van der Waals surface area contributed by atoms with E-state index in [9.17, 15) is 0 Å². The highest BCUT2D eigenvalue weighted by molar-refractivity contribution is 9.10. The Morgan fingerprint density at radius 1 is 1.32 bits per heavy atom. The van der Waals surface area contributed by atoms with Crippen LogP contribution in [0.1, 0.15) is 5.56 Å². The Labute approximate surface area is 119 Å². The molecule has 0 spiro atoms. The third-order valence-electron chi connectivity index (χ3n) is 2.40. The van der Waals surface area contributed by atoms with Gasteiger partial charge in [-0.3, -0.25) is 5.41 Å². The Hall–Kier alpha value is -2.08. The Balaban J connectivity index is 2.19. The summed E-state index contributed by atoms with van der Waals surface area (Å²) < 4.78 is 11.5. The lowest BCUT2D eigenvalue weighted by atomic mass is 10.3. The number of hydrogen-bond donors (Lipinski definition) is 2. The standard InChI is InChI=1S/C13H12BrN3O2/c1-18-9-3-4-11(10(14)6-9)19-12-5-2-8(7-17-12)13(15)16/h2-7H,1H3,(H3,15,16). The minimum Gasteiger partial charge on any atom is -0.497 e. The van der Waals surface area contributed by atoms with Crippen LogP contribution in [0.2, 0.25) is 0 Å². The van der Waals surface area contributed by atoms with E-state index >= 15 is 0 Å². The number of pyridine rings is 1. The lowest BCUT2D eigenvalue weighted by Crippen LogP contribution is -2.11. The first-order chi connectivity index (χ1) is 9.10. The van der Waals surface area contributed by atoms with Gasteiger partial charge in [-0.15, -0.1) is 0 Å². The maximum Gasteiger partial charge on any atom is 0.219 e. The maximum absolute atomic E-state index is 7.28. The van der Waals surface area contributed by atoms with Gasteiger partial charge in [-0.05, 0) is 40.2 Å². The van der Waals surface area contributed by atoms with Crippen LogP contribution < -0.4 is 15.2 Å². The predicted octanol–water partition coefficient (Wildman–Crippen LogP) is 2.93. The van der Waals surface area contributed by atoms with E-state index in [4.69, 9.17) is 20.6 Å². The molecule has 0 fully saturated rings. The van der Waals surface area contributed by atoms with Crippen LogP contribution >= 0.6 is 15.9 Å². The van der Waals surface area contributed by atoms with E-state index in [2.05, 4.69) is 20.9 Å². The molecule has 2 aromatic rings. The second kappa shape index (κ2) is 5.71. The summed E-state index contributed by atoms with van der Waals surface area (Å²) in [6.07, 6.45) is 1.50. The normalized spacial score (nSPS) is 10.0. The number of benzene rings is 1. The number of hydrogen-bond acceptors (Lipinski definition) is 4. The molecular formula is C13H12BrN3O2. The largest absolute Gasteiger partial charge is 0.497 e. The van der Waals surface area contributed by atoms with Crippen LogP contribution in [-0.4, -0.2) is 17.9 Å². The number of rotatable bonds is 4. The number of aromatic nitrogens is 1. The monoisotopic (exact) mass is 321 g/mol. The molecule has 6 heteroatoms. The van der Waals surface area contributed by atoms with Gasteiger partial charge in [0.15, 0.2) is 0 Å². The number of amidine groups is 1. The lowest BCUT2D eigenvalue weighted by molar-refractivity contribution is 0.411. The summed E-state index contributed by atoms with van der Waals surface area (Å²) in [5, 5.41) is 7.28.